The highest BCUT2D eigenvalue weighted by molar-refractivity contribution is 5.42. The molecule has 2 heterocycles. The van der Waals surface area contributed by atoms with Gasteiger partial charge in [-0.1, -0.05) is 18.2 Å². The summed E-state index contributed by atoms with van der Waals surface area (Å²) in [5.74, 6) is 0. The maximum absolute atomic E-state index is 3.50. The highest BCUT2D eigenvalue weighted by Crippen LogP contribution is 2.20. The smallest absolute Gasteiger partial charge is 0.0340 e. The minimum Gasteiger partial charge on any atom is -0.385 e. The van der Waals surface area contributed by atoms with Crippen molar-refractivity contribution in [3.8, 4) is 0 Å². The fourth-order valence-corrected chi connectivity index (χ4v) is 3.51. The molecule has 2 fully saturated rings. The first-order valence-electron chi connectivity index (χ1n) is 8.17. The number of likely N-dealkylation sites (tertiary alicyclic amines) is 2. The molecule has 2 saturated heterocycles. The monoisotopic (exact) mass is 273 g/mol. The van der Waals surface area contributed by atoms with Crippen LogP contribution in [0.1, 0.15) is 25.7 Å². The number of rotatable bonds is 6. The molecule has 1 aromatic rings. The molecule has 1 atom stereocenters. The first-order valence-corrected chi connectivity index (χ1v) is 8.17. The molecule has 0 aliphatic carbocycles. The second kappa shape index (κ2) is 7.09. The fraction of sp³-hybridized carbons (Fsp3) is 0.647. The van der Waals surface area contributed by atoms with Gasteiger partial charge in [-0.15, -0.1) is 0 Å². The molecular weight excluding hydrogens is 246 g/mol. The van der Waals surface area contributed by atoms with Crippen molar-refractivity contribution in [1.29, 1.82) is 0 Å². The van der Waals surface area contributed by atoms with Crippen LogP contribution in [0, 0.1) is 0 Å². The summed E-state index contributed by atoms with van der Waals surface area (Å²) in [6.45, 7) is 7.60. The maximum Gasteiger partial charge on any atom is 0.0340 e. The first-order chi connectivity index (χ1) is 9.92. The van der Waals surface area contributed by atoms with E-state index in [-0.39, 0.29) is 0 Å². The van der Waals surface area contributed by atoms with E-state index >= 15 is 0 Å². The van der Waals surface area contributed by atoms with Gasteiger partial charge >= 0.3 is 0 Å². The zero-order valence-corrected chi connectivity index (χ0v) is 12.4. The number of para-hydroxylation sites is 1. The van der Waals surface area contributed by atoms with Crippen LogP contribution in [0.4, 0.5) is 5.69 Å². The molecular formula is C17H27N3. The van der Waals surface area contributed by atoms with Crippen LogP contribution in [-0.4, -0.2) is 55.1 Å². The molecule has 0 amide bonds. The van der Waals surface area contributed by atoms with Crippen LogP contribution in [0.3, 0.4) is 0 Å². The molecule has 1 aromatic carbocycles. The van der Waals surface area contributed by atoms with E-state index in [1.165, 1.54) is 64.1 Å². The predicted molar refractivity (Wildman–Crippen MR) is 85.2 cm³/mol. The lowest BCUT2D eigenvalue weighted by Crippen LogP contribution is -2.35. The van der Waals surface area contributed by atoms with E-state index in [1.807, 2.05) is 0 Å². The molecule has 2 aliphatic heterocycles. The number of hydrogen-bond acceptors (Lipinski definition) is 3. The van der Waals surface area contributed by atoms with Gasteiger partial charge in [-0.05, 0) is 64.0 Å². The fourth-order valence-electron chi connectivity index (χ4n) is 3.51. The Labute approximate surface area is 123 Å². The molecule has 0 bridgehead atoms. The Bertz CT molecular complexity index is 386. The Hall–Kier alpha value is -1.06. The van der Waals surface area contributed by atoms with Crippen LogP contribution in [0.25, 0.3) is 0 Å². The topological polar surface area (TPSA) is 18.5 Å². The van der Waals surface area contributed by atoms with E-state index in [2.05, 4.69) is 45.4 Å². The number of hydrogen-bond donors (Lipinski definition) is 1. The van der Waals surface area contributed by atoms with Crippen molar-refractivity contribution in [2.45, 2.75) is 31.7 Å². The molecule has 0 radical (unpaired) electrons. The summed E-state index contributed by atoms with van der Waals surface area (Å²) in [4.78, 5) is 5.36. The second-order valence-electron chi connectivity index (χ2n) is 6.13. The second-order valence-corrected chi connectivity index (χ2v) is 6.13. The summed E-state index contributed by atoms with van der Waals surface area (Å²) in [6, 6.07) is 11.4. The van der Waals surface area contributed by atoms with Crippen LogP contribution in [0.2, 0.25) is 0 Å². The van der Waals surface area contributed by atoms with Crippen molar-refractivity contribution in [3.05, 3.63) is 30.3 Å². The van der Waals surface area contributed by atoms with Crippen LogP contribution in [-0.2, 0) is 0 Å². The maximum atomic E-state index is 3.50. The van der Waals surface area contributed by atoms with Crippen LogP contribution in [0.5, 0.6) is 0 Å². The SMILES string of the molecule is c1ccc(NCCCN2CCC(N3CCCC3)C2)cc1. The average Bonchev–Trinajstić information content (AvgIpc) is 3.15. The number of anilines is 1. The summed E-state index contributed by atoms with van der Waals surface area (Å²) < 4.78 is 0. The van der Waals surface area contributed by atoms with Crippen molar-refractivity contribution in [3.63, 3.8) is 0 Å². The summed E-state index contributed by atoms with van der Waals surface area (Å²) in [5.41, 5.74) is 1.24. The third-order valence-electron chi connectivity index (χ3n) is 4.66. The molecule has 3 rings (SSSR count). The van der Waals surface area contributed by atoms with Crippen molar-refractivity contribution in [2.75, 3.05) is 44.6 Å². The van der Waals surface area contributed by atoms with Crippen molar-refractivity contribution >= 4 is 5.69 Å². The van der Waals surface area contributed by atoms with Gasteiger partial charge in [-0.25, -0.2) is 0 Å². The van der Waals surface area contributed by atoms with Gasteiger partial charge in [-0.3, -0.25) is 4.90 Å². The minimum atomic E-state index is 0.847. The van der Waals surface area contributed by atoms with Crippen LogP contribution < -0.4 is 5.32 Å². The summed E-state index contributed by atoms with van der Waals surface area (Å²) >= 11 is 0. The average molecular weight is 273 g/mol. The highest BCUT2D eigenvalue weighted by atomic mass is 15.3. The molecule has 1 unspecified atom stereocenters. The third-order valence-corrected chi connectivity index (χ3v) is 4.66. The van der Waals surface area contributed by atoms with E-state index in [4.69, 9.17) is 0 Å². The minimum absolute atomic E-state index is 0.847. The quantitative estimate of drug-likeness (QED) is 0.804. The van der Waals surface area contributed by atoms with Gasteiger partial charge in [0.25, 0.3) is 0 Å². The Balaban J connectivity index is 1.31. The normalized spacial score (nSPS) is 24.3. The van der Waals surface area contributed by atoms with Crippen LogP contribution in [0.15, 0.2) is 30.3 Å². The van der Waals surface area contributed by atoms with Gasteiger partial charge in [0, 0.05) is 24.8 Å². The zero-order chi connectivity index (χ0) is 13.6. The Kier molecular flexibility index (Phi) is 4.93. The van der Waals surface area contributed by atoms with E-state index in [1.54, 1.807) is 0 Å². The van der Waals surface area contributed by atoms with Gasteiger partial charge in [0.1, 0.15) is 0 Å². The summed E-state index contributed by atoms with van der Waals surface area (Å²) in [6.07, 6.45) is 5.45. The molecule has 20 heavy (non-hydrogen) atoms. The van der Waals surface area contributed by atoms with Gasteiger partial charge in [0.05, 0.1) is 0 Å². The third kappa shape index (κ3) is 3.74. The molecule has 0 aromatic heterocycles. The molecule has 3 heteroatoms. The number of nitrogens with one attached hydrogen (secondary N) is 1. The lowest BCUT2D eigenvalue weighted by Gasteiger charge is -2.23. The van der Waals surface area contributed by atoms with Gasteiger partial charge in [0.15, 0.2) is 0 Å². The molecule has 0 saturated carbocycles. The molecule has 3 nitrogen and oxygen atoms in total. The lowest BCUT2D eigenvalue weighted by molar-refractivity contribution is 0.232. The van der Waals surface area contributed by atoms with Crippen molar-refractivity contribution in [1.82, 2.24) is 9.80 Å². The van der Waals surface area contributed by atoms with Crippen LogP contribution >= 0.6 is 0 Å². The highest BCUT2D eigenvalue weighted by Gasteiger charge is 2.28. The lowest BCUT2D eigenvalue weighted by atomic mass is 10.2. The van der Waals surface area contributed by atoms with Gasteiger partial charge < -0.3 is 10.2 Å². The largest absolute Gasteiger partial charge is 0.385 e. The first kappa shape index (κ1) is 13.9. The zero-order valence-electron chi connectivity index (χ0n) is 12.4. The van der Waals surface area contributed by atoms with E-state index < -0.39 is 0 Å². The Morgan fingerprint density at radius 3 is 2.65 bits per heavy atom. The Morgan fingerprint density at radius 1 is 1.05 bits per heavy atom. The summed E-state index contributed by atoms with van der Waals surface area (Å²) in [7, 11) is 0. The molecule has 0 spiro atoms. The Morgan fingerprint density at radius 2 is 1.85 bits per heavy atom. The van der Waals surface area contributed by atoms with E-state index in [0.29, 0.717) is 0 Å². The number of nitrogens with zero attached hydrogens (tertiary/aromatic N) is 2. The van der Waals surface area contributed by atoms with Gasteiger partial charge in [0.2, 0.25) is 0 Å². The summed E-state index contributed by atoms with van der Waals surface area (Å²) in [5, 5.41) is 3.50. The van der Waals surface area contributed by atoms with E-state index in [0.717, 1.165) is 12.6 Å². The van der Waals surface area contributed by atoms with Crippen molar-refractivity contribution < 1.29 is 0 Å². The van der Waals surface area contributed by atoms with Crippen molar-refractivity contribution in [2.24, 2.45) is 0 Å². The van der Waals surface area contributed by atoms with E-state index in [9.17, 15) is 0 Å². The molecule has 2 aliphatic rings. The number of benzene rings is 1. The predicted octanol–water partition coefficient (Wildman–Crippen LogP) is 2.66. The standard InChI is InChI=1S/C17H27N3/c1-2-7-16(8-3-1)18-10-6-11-19-14-9-17(15-19)20-12-4-5-13-20/h1-3,7-8,17-18H,4-6,9-15H2. The van der Waals surface area contributed by atoms with Gasteiger partial charge in [-0.2, -0.15) is 0 Å². The molecule has 1 N–H and O–H groups in total. The molecule has 110 valence electrons.